The Bertz CT molecular complexity index is 661. The highest BCUT2D eigenvalue weighted by atomic mass is 35.5. The molecule has 1 atom stereocenters. The molecular weight excluding hydrogens is 312 g/mol. The number of aromatic nitrogens is 2. The molecule has 1 aliphatic rings. The van der Waals surface area contributed by atoms with Crippen LogP contribution in [0.2, 0.25) is 5.02 Å². The van der Waals surface area contributed by atoms with Crippen molar-refractivity contribution in [2.75, 3.05) is 43.2 Å². The normalized spacial score (nSPS) is 16.2. The maximum absolute atomic E-state index is 6.10. The molecule has 1 unspecified atom stereocenters. The van der Waals surface area contributed by atoms with Crippen molar-refractivity contribution in [3.05, 3.63) is 47.2 Å². The Morgan fingerprint density at radius 1 is 1.22 bits per heavy atom. The van der Waals surface area contributed by atoms with Crippen LogP contribution in [0.1, 0.15) is 18.5 Å². The van der Waals surface area contributed by atoms with Crippen molar-refractivity contribution in [2.45, 2.75) is 13.0 Å². The van der Waals surface area contributed by atoms with Crippen LogP contribution in [0, 0.1) is 0 Å². The predicted molar refractivity (Wildman–Crippen MR) is 93.3 cm³/mol. The number of halogens is 1. The van der Waals surface area contributed by atoms with Crippen LogP contribution in [0.5, 0.6) is 0 Å². The van der Waals surface area contributed by atoms with Gasteiger partial charge in [0.05, 0.1) is 19.3 Å². The Kier molecular flexibility index (Phi) is 4.98. The molecule has 23 heavy (non-hydrogen) atoms. The van der Waals surface area contributed by atoms with Gasteiger partial charge < -0.3 is 14.5 Å². The summed E-state index contributed by atoms with van der Waals surface area (Å²) in [6, 6.07) is 10.1. The first-order valence-corrected chi connectivity index (χ1v) is 8.16. The molecule has 1 aromatic carbocycles. The number of morpholine rings is 1. The lowest BCUT2D eigenvalue weighted by atomic mass is 10.1. The van der Waals surface area contributed by atoms with Gasteiger partial charge in [-0.15, -0.1) is 0 Å². The van der Waals surface area contributed by atoms with Crippen molar-refractivity contribution in [1.82, 2.24) is 9.97 Å². The standard InChI is InChI=1S/C17H21ClN4O/c1-13(14-4-3-5-15(18)10-14)21(2)16-11-17(20-12-19-16)22-6-8-23-9-7-22/h3-5,10-13H,6-9H2,1-2H3. The summed E-state index contributed by atoms with van der Waals surface area (Å²) in [6.45, 7) is 5.36. The van der Waals surface area contributed by atoms with E-state index in [2.05, 4.69) is 32.8 Å². The minimum atomic E-state index is 0.168. The van der Waals surface area contributed by atoms with Crippen LogP contribution < -0.4 is 9.80 Å². The van der Waals surface area contributed by atoms with E-state index in [1.165, 1.54) is 0 Å². The predicted octanol–water partition coefficient (Wildman–Crippen LogP) is 3.16. The van der Waals surface area contributed by atoms with Crippen LogP contribution in [0.4, 0.5) is 11.6 Å². The first-order valence-electron chi connectivity index (χ1n) is 7.78. The Hall–Kier alpha value is -1.85. The lowest BCUT2D eigenvalue weighted by Gasteiger charge is -2.30. The van der Waals surface area contributed by atoms with E-state index in [0.717, 1.165) is 48.5 Å². The molecule has 0 spiro atoms. The number of anilines is 2. The van der Waals surface area contributed by atoms with Crippen LogP contribution in [-0.2, 0) is 4.74 Å². The quantitative estimate of drug-likeness (QED) is 0.860. The van der Waals surface area contributed by atoms with Gasteiger partial charge in [-0.2, -0.15) is 0 Å². The van der Waals surface area contributed by atoms with E-state index in [9.17, 15) is 0 Å². The van der Waals surface area contributed by atoms with Gasteiger partial charge in [0.15, 0.2) is 0 Å². The summed E-state index contributed by atoms with van der Waals surface area (Å²) < 4.78 is 5.40. The maximum Gasteiger partial charge on any atom is 0.134 e. The zero-order chi connectivity index (χ0) is 16.2. The van der Waals surface area contributed by atoms with Gasteiger partial charge in [0, 0.05) is 31.2 Å². The highest BCUT2D eigenvalue weighted by molar-refractivity contribution is 6.30. The molecule has 2 heterocycles. The van der Waals surface area contributed by atoms with Crippen LogP contribution in [0.3, 0.4) is 0 Å². The highest BCUT2D eigenvalue weighted by Crippen LogP contribution is 2.27. The molecule has 1 aromatic heterocycles. The monoisotopic (exact) mass is 332 g/mol. The summed E-state index contributed by atoms with van der Waals surface area (Å²) in [4.78, 5) is 13.2. The summed E-state index contributed by atoms with van der Waals surface area (Å²) in [5, 5.41) is 0.749. The van der Waals surface area contributed by atoms with E-state index in [-0.39, 0.29) is 6.04 Å². The number of hydrogen-bond acceptors (Lipinski definition) is 5. The fourth-order valence-electron chi connectivity index (χ4n) is 2.68. The molecule has 0 bridgehead atoms. The Morgan fingerprint density at radius 3 is 2.74 bits per heavy atom. The number of hydrogen-bond donors (Lipinski definition) is 0. The molecule has 6 heteroatoms. The lowest BCUT2D eigenvalue weighted by Crippen LogP contribution is -2.37. The topological polar surface area (TPSA) is 41.5 Å². The Balaban J connectivity index is 1.80. The van der Waals surface area contributed by atoms with Gasteiger partial charge in [-0.25, -0.2) is 9.97 Å². The van der Waals surface area contributed by atoms with Gasteiger partial charge in [0.25, 0.3) is 0 Å². The fraction of sp³-hybridized carbons (Fsp3) is 0.412. The van der Waals surface area contributed by atoms with Gasteiger partial charge in [0.2, 0.25) is 0 Å². The molecule has 1 saturated heterocycles. The zero-order valence-corrected chi connectivity index (χ0v) is 14.2. The molecule has 0 saturated carbocycles. The second-order valence-corrected chi connectivity index (χ2v) is 6.11. The molecule has 3 rings (SSSR count). The third-order valence-corrected chi connectivity index (χ3v) is 4.48. The number of ether oxygens (including phenoxy) is 1. The van der Waals surface area contributed by atoms with Crippen molar-refractivity contribution >= 4 is 23.2 Å². The van der Waals surface area contributed by atoms with Crippen molar-refractivity contribution < 1.29 is 4.74 Å². The fourth-order valence-corrected chi connectivity index (χ4v) is 2.88. The minimum Gasteiger partial charge on any atom is -0.378 e. The summed E-state index contributed by atoms with van der Waals surface area (Å²) in [5.74, 6) is 1.84. The smallest absolute Gasteiger partial charge is 0.134 e. The molecule has 0 N–H and O–H groups in total. The summed E-state index contributed by atoms with van der Waals surface area (Å²) in [5.41, 5.74) is 1.16. The first-order chi connectivity index (χ1) is 11.1. The Labute approximate surface area is 141 Å². The molecule has 0 amide bonds. The molecule has 5 nitrogen and oxygen atoms in total. The van der Waals surface area contributed by atoms with Crippen molar-refractivity contribution in [1.29, 1.82) is 0 Å². The van der Waals surface area contributed by atoms with E-state index in [4.69, 9.17) is 16.3 Å². The number of rotatable bonds is 4. The van der Waals surface area contributed by atoms with Crippen LogP contribution >= 0.6 is 11.6 Å². The molecule has 2 aromatic rings. The second kappa shape index (κ2) is 7.15. The SMILES string of the molecule is CC(c1cccc(Cl)c1)N(C)c1cc(N2CCOCC2)ncn1. The average Bonchev–Trinajstić information content (AvgIpc) is 2.61. The molecule has 1 fully saturated rings. The van der Waals surface area contributed by atoms with Gasteiger partial charge in [0.1, 0.15) is 18.0 Å². The minimum absolute atomic E-state index is 0.168. The van der Waals surface area contributed by atoms with Gasteiger partial charge in [-0.1, -0.05) is 23.7 Å². The second-order valence-electron chi connectivity index (χ2n) is 5.68. The third-order valence-electron chi connectivity index (χ3n) is 4.25. The van der Waals surface area contributed by atoms with Gasteiger partial charge in [-0.3, -0.25) is 0 Å². The van der Waals surface area contributed by atoms with Gasteiger partial charge >= 0.3 is 0 Å². The highest BCUT2D eigenvalue weighted by Gasteiger charge is 2.17. The molecular formula is C17H21ClN4O. The lowest BCUT2D eigenvalue weighted by molar-refractivity contribution is 0.122. The van der Waals surface area contributed by atoms with Gasteiger partial charge in [-0.05, 0) is 24.6 Å². The first kappa shape index (κ1) is 16.0. The van der Waals surface area contributed by atoms with Crippen LogP contribution in [-0.4, -0.2) is 43.3 Å². The summed E-state index contributed by atoms with van der Waals surface area (Å²) in [7, 11) is 2.04. The largest absolute Gasteiger partial charge is 0.378 e. The molecule has 1 aliphatic heterocycles. The van der Waals surface area contributed by atoms with E-state index >= 15 is 0 Å². The molecule has 0 radical (unpaired) electrons. The van der Waals surface area contributed by atoms with E-state index in [1.54, 1.807) is 6.33 Å². The van der Waals surface area contributed by atoms with Crippen LogP contribution in [0.15, 0.2) is 36.7 Å². The van der Waals surface area contributed by atoms with Crippen molar-refractivity contribution in [3.8, 4) is 0 Å². The van der Waals surface area contributed by atoms with Crippen LogP contribution in [0.25, 0.3) is 0 Å². The van der Waals surface area contributed by atoms with E-state index in [0.29, 0.717) is 0 Å². The van der Waals surface area contributed by atoms with Crippen molar-refractivity contribution in [2.24, 2.45) is 0 Å². The maximum atomic E-state index is 6.10. The average molecular weight is 333 g/mol. The molecule has 0 aliphatic carbocycles. The van der Waals surface area contributed by atoms with E-state index < -0.39 is 0 Å². The van der Waals surface area contributed by atoms with Crippen molar-refractivity contribution in [3.63, 3.8) is 0 Å². The summed E-state index contributed by atoms with van der Waals surface area (Å²) >= 11 is 6.10. The number of nitrogens with zero attached hydrogens (tertiary/aromatic N) is 4. The van der Waals surface area contributed by atoms with E-state index in [1.807, 2.05) is 31.3 Å². The Morgan fingerprint density at radius 2 is 2.00 bits per heavy atom. The molecule has 122 valence electrons. The summed E-state index contributed by atoms with van der Waals surface area (Å²) in [6.07, 6.45) is 1.63. The zero-order valence-electron chi connectivity index (χ0n) is 13.4. The number of benzene rings is 1. The third kappa shape index (κ3) is 3.74.